The molecule has 5 rings (SSSR count). The first-order valence-corrected chi connectivity index (χ1v) is 11.6. The third kappa shape index (κ3) is 5.01. The summed E-state index contributed by atoms with van der Waals surface area (Å²) in [5.74, 6) is 7.74. The van der Waals surface area contributed by atoms with Gasteiger partial charge in [-0.15, -0.1) is 0 Å². The van der Waals surface area contributed by atoms with Crippen LogP contribution in [0.25, 0.3) is 10.8 Å². The Morgan fingerprint density at radius 2 is 2.00 bits per heavy atom. The number of anilines is 2. The minimum atomic E-state index is 0.0262. The van der Waals surface area contributed by atoms with Crippen LogP contribution in [0.5, 0.6) is 0 Å². The summed E-state index contributed by atoms with van der Waals surface area (Å²) in [6, 6.07) is 5.89. The molecule has 1 amide bonds. The summed E-state index contributed by atoms with van der Waals surface area (Å²) >= 11 is 0. The molecule has 8 heteroatoms. The Bertz CT molecular complexity index is 1260. The molecule has 174 valence electrons. The number of pyridine rings is 3. The molecule has 0 aromatic carbocycles. The van der Waals surface area contributed by atoms with Gasteiger partial charge in [0.15, 0.2) is 0 Å². The van der Waals surface area contributed by atoms with Gasteiger partial charge >= 0.3 is 0 Å². The lowest BCUT2D eigenvalue weighted by molar-refractivity contribution is -0.117. The lowest BCUT2D eigenvalue weighted by Gasteiger charge is -2.15. The number of carbonyl (C=O) groups excluding carboxylic acids is 1. The number of rotatable bonds is 6. The standard InChI is InChI=1S/C26H28N6O2/c1-27-25-23-14-29-24(31-26(33)18-4-5-18)11-22(23)19(13-30-25)6-8-20-7-3-17(12-28-20)15-32-10-9-21(16-32)34-2/h3,7,11-14,18,21H,4-5,9-10,15-16H2,1-2H3,(H,27,30)(H,29,31,33)/t21-/m1/s1. The molecule has 1 aliphatic carbocycles. The highest BCUT2D eigenvalue weighted by molar-refractivity contribution is 5.99. The number of hydrogen-bond donors (Lipinski definition) is 2. The van der Waals surface area contributed by atoms with Crippen LogP contribution < -0.4 is 10.6 Å². The number of nitrogens with one attached hydrogen (secondary N) is 2. The van der Waals surface area contributed by atoms with Crippen LogP contribution >= 0.6 is 0 Å². The van der Waals surface area contributed by atoms with Crippen molar-refractivity contribution >= 4 is 28.3 Å². The molecule has 0 spiro atoms. The lowest BCUT2D eigenvalue weighted by Crippen LogP contribution is -2.22. The van der Waals surface area contributed by atoms with Crippen LogP contribution in [0.15, 0.2) is 36.8 Å². The van der Waals surface area contributed by atoms with Gasteiger partial charge in [0.05, 0.1) is 11.7 Å². The van der Waals surface area contributed by atoms with Gasteiger partial charge in [0.25, 0.3) is 0 Å². The fraction of sp³-hybridized carbons (Fsp3) is 0.385. The zero-order valence-corrected chi connectivity index (χ0v) is 19.5. The quantitative estimate of drug-likeness (QED) is 0.551. The van der Waals surface area contributed by atoms with E-state index in [1.165, 1.54) is 0 Å². The zero-order chi connectivity index (χ0) is 23.5. The topological polar surface area (TPSA) is 92.3 Å². The second-order valence-corrected chi connectivity index (χ2v) is 8.83. The molecule has 2 fully saturated rings. The summed E-state index contributed by atoms with van der Waals surface area (Å²) in [5.41, 5.74) is 2.61. The average molecular weight is 457 g/mol. The number of carbonyl (C=O) groups is 1. The molecule has 1 aliphatic heterocycles. The summed E-state index contributed by atoms with van der Waals surface area (Å²) in [6.45, 7) is 2.86. The van der Waals surface area contributed by atoms with Gasteiger partial charge in [-0.1, -0.05) is 12.0 Å². The van der Waals surface area contributed by atoms with Gasteiger partial charge in [-0.3, -0.25) is 9.69 Å². The maximum atomic E-state index is 12.2. The van der Waals surface area contributed by atoms with Crippen LogP contribution in [0.1, 0.15) is 36.1 Å². The third-order valence-electron chi connectivity index (χ3n) is 6.33. The molecule has 0 radical (unpaired) electrons. The SMILES string of the molecule is CNc1ncc(C#Cc2ccc(CN3CC[C@@H](OC)C3)cn2)c2cc(NC(=O)C3CC3)ncc12. The van der Waals surface area contributed by atoms with Crippen molar-refractivity contribution in [2.45, 2.75) is 31.9 Å². The fourth-order valence-electron chi connectivity index (χ4n) is 4.19. The first-order valence-electron chi connectivity index (χ1n) is 11.6. The number of nitrogens with zero attached hydrogens (tertiary/aromatic N) is 4. The molecule has 2 N–H and O–H groups in total. The molecule has 34 heavy (non-hydrogen) atoms. The summed E-state index contributed by atoms with van der Waals surface area (Å²) in [6.07, 6.45) is 8.64. The number of fused-ring (bicyclic) bond motifs is 1. The van der Waals surface area contributed by atoms with Crippen LogP contribution in [0.3, 0.4) is 0 Å². The summed E-state index contributed by atoms with van der Waals surface area (Å²) in [7, 11) is 3.59. The van der Waals surface area contributed by atoms with Gasteiger partial charge in [-0.05, 0) is 42.9 Å². The van der Waals surface area contributed by atoms with E-state index in [2.05, 4.69) is 48.4 Å². The van der Waals surface area contributed by atoms with Gasteiger partial charge < -0.3 is 15.4 Å². The second-order valence-electron chi connectivity index (χ2n) is 8.83. The van der Waals surface area contributed by atoms with Gasteiger partial charge in [0, 0.05) is 69.1 Å². The monoisotopic (exact) mass is 456 g/mol. The number of hydrogen-bond acceptors (Lipinski definition) is 7. The minimum absolute atomic E-state index is 0.0262. The summed E-state index contributed by atoms with van der Waals surface area (Å²) in [4.78, 5) is 28.0. The predicted molar refractivity (Wildman–Crippen MR) is 131 cm³/mol. The number of aromatic nitrogens is 3. The van der Waals surface area contributed by atoms with Crippen molar-refractivity contribution in [3.05, 3.63) is 53.6 Å². The Labute approximate surface area is 199 Å². The van der Waals surface area contributed by atoms with Gasteiger partial charge in [0.2, 0.25) is 5.91 Å². The second kappa shape index (κ2) is 9.75. The van der Waals surface area contributed by atoms with Crippen molar-refractivity contribution in [3.8, 4) is 11.8 Å². The summed E-state index contributed by atoms with van der Waals surface area (Å²) < 4.78 is 5.45. The Morgan fingerprint density at radius 3 is 2.71 bits per heavy atom. The molecule has 3 aromatic rings. The van der Waals surface area contributed by atoms with Crippen molar-refractivity contribution in [2.24, 2.45) is 5.92 Å². The third-order valence-corrected chi connectivity index (χ3v) is 6.33. The maximum absolute atomic E-state index is 12.2. The molecular formula is C26H28N6O2. The Hall–Kier alpha value is -3.54. The van der Waals surface area contributed by atoms with Gasteiger partial charge in [-0.25, -0.2) is 15.0 Å². The van der Waals surface area contributed by atoms with Crippen LogP contribution in [-0.2, 0) is 16.1 Å². The van der Waals surface area contributed by atoms with Crippen LogP contribution in [0.4, 0.5) is 11.6 Å². The molecule has 0 unspecified atom stereocenters. The van der Waals surface area contributed by atoms with Crippen molar-refractivity contribution in [1.29, 1.82) is 0 Å². The molecule has 1 saturated carbocycles. The molecule has 1 atom stereocenters. The van der Waals surface area contributed by atoms with E-state index < -0.39 is 0 Å². The van der Waals surface area contributed by atoms with Crippen LogP contribution in [0, 0.1) is 17.8 Å². The highest BCUT2D eigenvalue weighted by Crippen LogP contribution is 2.31. The summed E-state index contributed by atoms with van der Waals surface area (Å²) in [5, 5.41) is 7.73. The van der Waals surface area contributed by atoms with Crippen molar-refractivity contribution < 1.29 is 9.53 Å². The Balaban J connectivity index is 1.36. The predicted octanol–water partition coefficient (Wildman–Crippen LogP) is 3.04. The number of methoxy groups -OCH3 is 1. The van der Waals surface area contributed by atoms with E-state index in [-0.39, 0.29) is 11.8 Å². The molecule has 1 saturated heterocycles. The average Bonchev–Trinajstić information content (AvgIpc) is 3.62. The van der Waals surface area contributed by atoms with Gasteiger partial charge in [-0.2, -0.15) is 0 Å². The van der Waals surface area contributed by atoms with Crippen molar-refractivity contribution in [3.63, 3.8) is 0 Å². The van der Waals surface area contributed by atoms with E-state index in [9.17, 15) is 4.79 Å². The zero-order valence-electron chi connectivity index (χ0n) is 19.5. The fourth-order valence-corrected chi connectivity index (χ4v) is 4.19. The maximum Gasteiger partial charge on any atom is 0.228 e. The van der Waals surface area contributed by atoms with E-state index in [4.69, 9.17) is 4.74 Å². The molecular weight excluding hydrogens is 428 g/mol. The molecule has 0 bridgehead atoms. The minimum Gasteiger partial charge on any atom is -0.380 e. The molecule has 2 aliphatic rings. The van der Waals surface area contributed by atoms with E-state index in [1.807, 2.05) is 25.4 Å². The first-order chi connectivity index (χ1) is 16.6. The largest absolute Gasteiger partial charge is 0.380 e. The number of likely N-dealkylation sites (tertiary alicyclic amines) is 1. The van der Waals surface area contributed by atoms with Gasteiger partial charge in [0.1, 0.15) is 17.3 Å². The van der Waals surface area contributed by atoms with Crippen LogP contribution in [0.2, 0.25) is 0 Å². The smallest absolute Gasteiger partial charge is 0.228 e. The normalized spacial score (nSPS) is 17.9. The number of amides is 1. The van der Waals surface area contributed by atoms with Crippen molar-refractivity contribution in [2.75, 3.05) is 37.9 Å². The highest BCUT2D eigenvalue weighted by Gasteiger charge is 2.29. The highest BCUT2D eigenvalue weighted by atomic mass is 16.5. The van der Waals surface area contributed by atoms with E-state index in [0.717, 1.165) is 60.8 Å². The van der Waals surface area contributed by atoms with E-state index >= 15 is 0 Å². The molecule has 8 nitrogen and oxygen atoms in total. The lowest BCUT2D eigenvalue weighted by atomic mass is 10.1. The van der Waals surface area contributed by atoms with E-state index in [0.29, 0.717) is 23.4 Å². The first kappa shape index (κ1) is 22.3. The molecule has 3 aromatic heterocycles. The van der Waals surface area contributed by atoms with Crippen molar-refractivity contribution in [1.82, 2.24) is 19.9 Å². The Kier molecular flexibility index (Phi) is 6.39. The number of ether oxygens (including phenoxy) is 1. The van der Waals surface area contributed by atoms with E-state index in [1.54, 1.807) is 19.5 Å². The Morgan fingerprint density at radius 1 is 1.12 bits per heavy atom. The van der Waals surface area contributed by atoms with Crippen LogP contribution in [-0.4, -0.2) is 59.1 Å². The molecule has 4 heterocycles.